The van der Waals surface area contributed by atoms with E-state index in [4.69, 9.17) is 28.9 Å². The number of thioether (sulfide) groups is 1. The third-order valence-corrected chi connectivity index (χ3v) is 5.46. The lowest BCUT2D eigenvalue weighted by Gasteiger charge is -2.23. The minimum Gasteiger partial charge on any atom is -0.313 e. The number of nitriles is 1. The van der Waals surface area contributed by atoms with Crippen LogP contribution in [0.4, 0.5) is 0 Å². The Kier molecular flexibility index (Phi) is 5.03. The molecule has 2 rings (SSSR count). The van der Waals surface area contributed by atoms with E-state index in [0.29, 0.717) is 10.9 Å². The number of hydrogen-bond acceptors (Lipinski definition) is 3. The Bertz CT molecular complexity index is 501. The molecule has 0 aromatic heterocycles. The van der Waals surface area contributed by atoms with Gasteiger partial charge >= 0.3 is 0 Å². The van der Waals surface area contributed by atoms with Gasteiger partial charge in [-0.2, -0.15) is 5.26 Å². The molecular formula is C14H16Cl2N2S. The Morgan fingerprint density at radius 2 is 2.26 bits per heavy atom. The number of nitrogens with two attached hydrogens (primary N) is 1. The van der Waals surface area contributed by atoms with Gasteiger partial charge in [-0.1, -0.05) is 29.6 Å². The SMILES string of the molecule is N#CC1(N)CCCC1CCSc1cc(Cl)ccc1Cl. The molecule has 2 unspecified atom stereocenters. The van der Waals surface area contributed by atoms with Crippen LogP contribution in [0.3, 0.4) is 0 Å². The highest BCUT2D eigenvalue weighted by molar-refractivity contribution is 7.99. The molecule has 19 heavy (non-hydrogen) atoms. The van der Waals surface area contributed by atoms with E-state index in [9.17, 15) is 5.26 Å². The standard InChI is InChI=1S/C14H16Cl2N2S/c15-11-3-4-12(16)13(8-11)19-7-5-10-2-1-6-14(10,18)9-17/h3-4,8,10H,1-2,5-7,18H2. The van der Waals surface area contributed by atoms with Crippen LogP contribution in [0.2, 0.25) is 10.0 Å². The summed E-state index contributed by atoms with van der Waals surface area (Å²) in [4.78, 5) is 0.992. The number of nitrogens with zero attached hydrogens (tertiary/aromatic N) is 1. The summed E-state index contributed by atoms with van der Waals surface area (Å²) in [5, 5.41) is 10.6. The third-order valence-electron chi connectivity index (χ3n) is 3.70. The summed E-state index contributed by atoms with van der Waals surface area (Å²) in [5.41, 5.74) is 5.49. The molecule has 2 nitrogen and oxygen atoms in total. The molecule has 1 aromatic rings. The van der Waals surface area contributed by atoms with Gasteiger partial charge in [0.05, 0.1) is 11.1 Å². The third kappa shape index (κ3) is 3.58. The summed E-state index contributed by atoms with van der Waals surface area (Å²) in [6.07, 6.45) is 3.86. The van der Waals surface area contributed by atoms with Gasteiger partial charge in [-0.15, -0.1) is 11.8 Å². The van der Waals surface area contributed by atoms with E-state index in [1.54, 1.807) is 17.8 Å². The van der Waals surface area contributed by atoms with Crippen molar-refractivity contribution in [2.45, 2.75) is 36.1 Å². The first-order valence-corrected chi connectivity index (χ1v) is 8.07. The fourth-order valence-electron chi connectivity index (χ4n) is 2.55. The molecule has 2 atom stereocenters. The van der Waals surface area contributed by atoms with Crippen molar-refractivity contribution < 1.29 is 0 Å². The second kappa shape index (κ2) is 6.37. The Morgan fingerprint density at radius 1 is 1.47 bits per heavy atom. The zero-order chi connectivity index (χ0) is 13.9. The monoisotopic (exact) mass is 314 g/mol. The topological polar surface area (TPSA) is 49.8 Å². The lowest BCUT2D eigenvalue weighted by atomic mass is 9.88. The first-order valence-electron chi connectivity index (χ1n) is 6.33. The van der Waals surface area contributed by atoms with Gasteiger partial charge in [-0.3, -0.25) is 0 Å². The molecule has 102 valence electrons. The van der Waals surface area contributed by atoms with Crippen LogP contribution in [0.5, 0.6) is 0 Å². The normalized spacial score (nSPS) is 26.3. The minimum atomic E-state index is -0.626. The minimum absolute atomic E-state index is 0.294. The van der Waals surface area contributed by atoms with E-state index in [1.807, 2.05) is 12.1 Å². The maximum atomic E-state index is 9.17. The summed E-state index contributed by atoms with van der Waals surface area (Å²) in [6.45, 7) is 0. The zero-order valence-electron chi connectivity index (χ0n) is 10.5. The van der Waals surface area contributed by atoms with Gasteiger partial charge in [0.15, 0.2) is 0 Å². The maximum Gasteiger partial charge on any atom is 0.107 e. The summed E-state index contributed by atoms with van der Waals surface area (Å²) in [6, 6.07) is 7.75. The molecule has 1 aromatic carbocycles. The Hall–Kier alpha value is -0.400. The molecule has 1 fully saturated rings. The Balaban J connectivity index is 1.90. The number of hydrogen-bond donors (Lipinski definition) is 1. The predicted molar refractivity (Wildman–Crippen MR) is 81.7 cm³/mol. The van der Waals surface area contributed by atoms with Crippen molar-refractivity contribution in [1.29, 1.82) is 5.26 Å². The molecule has 0 aliphatic heterocycles. The van der Waals surface area contributed by atoms with E-state index in [0.717, 1.165) is 41.4 Å². The molecular weight excluding hydrogens is 299 g/mol. The Labute approximate surface area is 128 Å². The van der Waals surface area contributed by atoms with Gasteiger partial charge in [-0.05, 0) is 49.1 Å². The van der Waals surface area contributed by atoms with Crippen LogP contribution < -0.4 is 5.73 Å². The van der Waals surface area contributed by atoms with Crippen LogP contribution in [0, 0.1) is 17.2 Å². The van der Waals surface area contributed by atoms with Crippen LogP contribution in [0.25, 0.3) is 0 Å². The summed E-state index contributed by atoms with van der Waals surface area (Å²) >= 11 is 13.8. The Morgan fingerprint density at radius 3 is 3.00 bits per heavy atom. The molecule has 0 amide bonds. The van der Waals surface area contributed by atoms with Crippen molar-refractivity contribution in [2.24, 2.45) is 11.7 Å². The van der Waals surface area contributed by atoms with Crippen LogP contribution in [0.15, 0.2) is 23.1 Å². The van der Waals surface area contributed by atoms with Crippen molar-refractivity contribution in [1.82, 2.24) is 0 Å². The van der Waals surface area contributed by atoms with Crippen molar-refractivity contribution in [3.8, 4) is 6.07 Å². The highest BCUT2D eigenvalue weighted by Gasteiger charge is 2.39. The number of rotatable bonds is 4. The summed E-state index contributed by atoms with van der Waals surface area (Å²) in [7, 11) is 0. The number of halogens is 2. The quantitative estimate of drug-likeness (QED) is 0.832. The van der Waals surface area contributed by atoms with E-state index in [2.05, 4.69) is 6.07 Å². The molecule has 0 spiro atoms. The maximum absolute atomic E-state index is 9.17. The summed E-state index contributed by atoms with van der Waals surface area (Å²) in [5.74, 6) is 1.20. The van der Waals surface area contributed by atoms with E-state index < -0.39 is 5.54 Å². The van der Waals surface area contributed by atoms with Gasteiger partial charge in [0.2, 0.25) is 0 Å². The van der Waals surface area contributed by atoms with Crippen LogP contribution in [0.1, 0.15) is 25.7 Å². The molecule has 1 saturated carbocycles. The number of benzene rings is 1. The fraction of sp³-hybridized carbons (Fsp3) is 0.500. The molecule has 5 heteroatoms. The van der Waals surface area contributed by atoms with Gasteiger partial charge < -0.3 is 5.73 Å². The smallest absolute Gasteiger partial charge is 0.107 e. The predicted octanol–water partition coefficient (Wildman–Crippen LogP) is 4.50. The average Bonchev–Trinajstić information content (AvgIpc) is 2.76. The second-order valence-electron chi connectivity index (χ2n) is 4.95. The highest BCUT2D eigenvalue weighted by atomic mass is 35.5. The molecule has 0 heterocycles. The molecule has 0 radical (unpaired) electrons. The van der Waals surface area contributed by atoms with E-state index in [1.165, 1.54) is 0 Å². The lowest BCUT2D eigenvalue weighted by Crippen LogP contribution is -2.41. The first-order chi connectivity index (χ1) is 9.05. The van der Waals surface area contributed by atoms with Gasteiger partial charge in [0.1, 0.15) is 5.54 Å². The van der Waals surface area contributed by atoms with Crippen molar-refractivity contribution in [3.05, 3.63) is 28.2 Å². The van der Waals surface area contributed by atoms with Crippen LogP contribution in [-0.2, 0) is 0 Å². The molecule has 0 bridgehead atoms. The first kappa shape index (κ1) is 15.0. The van der Waals surface area contributed by atoms with Gasteiger partial charge in [0.25, 0.3) is 0 Å². The van der Waals surface area contributed by atoms with Gasteiger partial charge in [-0.25, -0.2) is 0 Å². The molecule has 2 N–H and O–H groups in total. The van der Waals surface area contributed by atoms with Crippen molar-refractivity contribution in [3.63, 3.8) is 0 Å². The second-order valence-corrected chi connectivity index (χ2v) is 6.93. The fourth-order valence-corrected chi connectivity index (χ4v) is 4.11. The van der Waals surface area contributed by atoms with E-state index in [-0.39, 0.29) is 0 Å². The van der Waals surface area contributed by atoms with Gasteiger partial charge in [0, 0.05) is 9.92 Å². The summed E-state index contributed by atoms with van der Waals surface area (Å²) < 4.78 is 0. The van der Waals surface area contributed by atoms with Crippen LogP contribution >= 0.6 is 35.0 Å². The molecule has 0 saturated heterocycles. The zero-order valence-corrected chi connectivity index (χ0v) is 12.9. The van der Waals surface area contributed by atoms with Crippen molar-refractivity contribution in [2.75, 3.05) is 5.75 Å². The largest absolute Gasteiger partial charge is 0.313 e. The van der Waals surface area contributed by atoms with Crippen molar-refractivity contribution >= 4 is 35.0 Å². The lowest BCUT2D eigenvalue weighted by molar-refractivity contribution is 0.389. The van der Waals surface area contributed by atoms with Crippen LogP contribution in [-0.4, -0.2) is 11.3 Å². The van der Waals surface area contributed by atoms with E-state index >= 15 is 0 Å². The average molecular weight is 315 g/mol. The molecule has 1 aliphatic rings. The highest BCUT2D eigenvalue weighted by Crippen LogP contribution is 2.38. The molecule has 1 aliphatic carbocycles.